The molecule has 1 aliphatic rings. The first-order valence-corrected chi connectivity index (χ1v) is 6.92. The molecule has 0 saturated carbocycles. The summed E-state index contributed by atoms with van der Waals surface area (Å²) < 4.78 is 0. The van der Waals surface area contributed by atoms with Crippen LogP contribution in [-0.2, 0) is 4.79 Å². The third-order valence-electron chi connectivity index (χ3n) is 3.18. The summed E-state index contributed by atoms with van der Waals surface area (Å²) in [7, 11) is 2.06. The molecule has 0 atom stereocenters. The largest absolute Gasteiger partial charge is 0.337 e. The normalized spacial score (nSPS) is 17.1. The minimum Gasteiger partial charge on any atom is -0.337 e. The smallest absolute Gasteiger partial charge is 0.246 e. The van der Waals surface area contributed by atoms with Crippen LogP contribution in [0.15, 0.2) is 24.3 Å². The van der Waals surface area contributed by atoms with Gasteiger partial charge in [-0.2, -0.15) is 0 Å². The summed E-state index contributed by atoms with van der Waals surface area (Å²) in [6, 6.07) is 5.31. The van der Waals surface area contributed by atoms with E-state index >= 15 is 0 Å². The van der Waals surface area contributed by atoms with Gasteiger partial charge in [-0.25, -0.2) is 0 Å². The first kappa shape index (κ1) is 14.4. The summed E-state index contributed by atoms with van der Waals surface area (Å²) >= 11 is 11.8. The molecule has 0 N–H and O–H groups in total. The molecule has 1 fully saturated rings. The summed E-state index contributed by atoms with van der Waals surface area (Å²) in [5.41, 5.74) is 0.872. The van der Waals surface area contributed by atoms with Crippen LogP contribution in [0, 0.1) is 0 Å². The maximum Gasteiger partial charge on any atom is 0.246 e. The van der Waals surface area contributed by atoms with Crippen molar-refractivity contribution in [2.75, 3.05) is 33.2 Å². The number of halogens is 2. The Balaban J connectivity index is 1.98. The molecule has 1 aromatic rings. The van der Waals surface area contributed by atoms with E-state index in [0.29, 0.717) is 10.0 Å². The second kappa shape index (κ2) is 6.42. The van der Waals surface area contributed by atoms with Gasteiger partial charge in [0.25, 0.3) is 0 Å². The predicted octanol–water partition coefficient (Wildman–Crippen LogP) is 2.78. The van der Waals surface area contributed by atoms with Crippen molar-refractivity contribution in [3.8, 4) is 0 Å². The lowest BCUT2D eigenvalue weighted by molar-refractivity contribution is -0.127. The van der Waals surface area contributed by atoms with E-state index < -0.39 is 0 Å². The molecule has 1 amide bonds. The average molecular weight is 299 g/mol. The molecule has 19 heavy (non-hydrogen) atoms. The van der Waals surface area contributed by atoms with Crippen LogP contribution in [0.5, 0.6) is 0 Å². The molecular formula is C14H16Cl2N2O. The molecule has 1 aromatic carbocycles. The van der Waals surface area contributed by atoms with Gasteiger partial charge in [-0.1, -0.05) is 29.3 Å². The number of rotatable bonds is 2. The lowest BCUT2D eigenvalue weighted by atomic mass is 10.2. The molecule has 0 spiro atoms. The summed E-state index contributed by atoms with van der Waals surface area (Å²) in [5, 5.41) is 1.01. The fraction of sp³-hybridized carbons (Fsp3) is 0.357. The highest BCUT2D eigenvalue weighted by Crippen LogP contribution is 2.23. The highest BCUT2D eigenvalue weighted by Gasteiger charge is 2.16. The zero-order chi connectivity index (χ0) is 13.8. The molecule has 1 aliphatic heterocycles. The van der Waals surface area contributed by atoms with E-state index in [9.17, 15) is 4.79 Å². The van der Waals surface area contributed by atoms with Gasteiger partial charge in [0.15, 0.2) is 0 Å². The number of likely N-dealkylation sites (N-methyl/N-ethyl adjacent to an activating group) is 1. The number of piperazine rings is 1. The number of hydrogen-bond acceptors (Lipinski definition) is 2. The Kier molecular flexibility index (Phi) is 4.86. The fourth-order valence-corrected chi connectivity index (χ4v) is 2.22. The van der Waals surface area contributed by atoms with Crippen LogP contribution in [0.2, 0.25) is 10.0 Å². The zero-order valence-corrected chi connectivity index (χ0v) is 12.3. The Morgan fingerprint density at radius 1 is 1.16 bits per heavy atom. The molecule has 5 heteroatoms. The second-order valence-corrected chi connectivity index (χ2v) is 5.45. The molecule has 0 unspecified atom stereocenters. The summed E-state index contributed by atoms with van der Waals surface area (Å²) in [6.07, 6.45) is 3.35. The van der Waals surface area contributed by atoms with Gasteiger partial charge in [-0.05, 0) is 30.8 Å². The van der Waals surface area contributed by atoms with Crippen molar-refractivity contribution in [1.29, 1.82) is 0 Å². The first-order valence-electron chi connectivity index (χ1n) is 6.17. The quantitative estimate of drug-likeness (QED) is 0.784. The SMILES string of the molecule is CN1CCN(C(=O)/C=C\c2ccc(Cl)c(Cl)c2)CC1. The zero-order valence-electron chi connectivity index (χ0n) is 10.8. The van der Waals surface area contributed by atoms with E-state index in [4.69, 9.17) is 23.2 Å². The van der Waals surface area contributed by atoms with Crippen LogP contribution in [0.1, 0.15) is 5.56 Å². The topological polar surface area (TPSA) is 23.6 Å². The van der Waals surface area contributed by atoms with E-state index in [1.54, 1.807) is 24.3 Å². The van der Waals surface area contributed by atoms with E-state index in [1.807, 2.05) is 11.0 Å². The maximum absolute atomic E-state index is 12.0. The maximum atomic E-state index is 12.0. The highest BCUT2D eigenvalue weighted by molar-refractivity contribution is 6.42. The lowest BCUT2D eigenvalue weighted by Crippen LogP contribution is -2.46. The number of carbonyl (C=O) groups is 1. The van der Waals surface area contributed by atoms with Gasteiger partial charge in [0.05, 0.1) is 10.0 Å². The van der Waals surface area contributed by atoms with Crippen molar-refractivity contribution in [1.82, 2.24) is 9.80 Å². The van der Waals surface area contributed by atoms with Crippen LogP contribution >= 0.6 is 23.2 Å². The van der Waals surface area contributed by atoms with Crippen LogP contribution < -0.4 is 0 Å². The van der Waals surface area contributed by atoms with Crippen LogP contribution in [0.25, 0.3) is 6.08 Å². The number of benzene rings is 1. The number of amides is 1. The Labute approximate surface area is 123 Å². The van der Waals surface area contributed by atoms with Gasteiger partial charge in [0.2, 0.25) is 5.91 Å². The van der Waals surface area contributed by atoms with E-state index in [0.717, 1.165) is 31.7 Å². The van der Waals surface area contributed by atoms with Gasteiger partial charge in [-0.3, -0.25) is 4.79 Å². The Morgan fingerprint density at radius 2 is 1.84 bits per heavy atom. The fourth-order valence-electron chi connectivity index (χ4n) is 1.92. The molecular weight excluding hydrogens is 283 g/mol. The molecule has 0 bridgehead atoms. The Hall–Kier alpha value is -1.03. The minimum absolute atomic E-state index is 0.0409. The van der Waals surface area contributed by atoms with Gasteiger partial charge in [0, 0.05) is 32.3 Å². The number of hydrogen-bond donors (Lipinski definition) is 0. The molecule has 102 valence electrons. The van der Waals surface area contributed by atoms with Crippen molar-refractivity contribution in [2.45, 2.75) is 0 Å². The van der Waals surface area contributed by atoms with Gasteiger partial charge >= 0.3 is 0 Å². The Bertz CT molecular complexity index is 494. The Morgan fingerprint density at radius 3 is 2.47 bits per heavy atom. The highest BCUT2D eigenvalue weighted by atomic mass is 35.5. The molecule has 0 aromatic heterocycles. The first-order chi connectivity index (χ1) is 9.06. The van der Waals surface area contributed by atoms with E-state index in [2.05, 4.69) is 11.9 Å². The van der Waals surface area contributed by atoms with E-state index in [1.165, 1.54) is 0 Å². The van der Waals surface area contributed by atoms with Crippen molar-refractivity contribution < 1.29 is 4.79 Å². The lowest BCUT2D eigenvalue weighted by Gasteiger charge is -2.31. The summed E-state index contributed by atoms with van der Waals surface area (Å²) in [6.45, 7) is 3.40. The van der Waals surface area contributed by atoms with Gasteiger partial charge in [0.1, 0.15) is 0 Å². The summed E-state index contributed by atoms with van der Waals surface area (Å²) in [5.74, 6) is 0.0409. The van der Waals surface area contributed by atoms with Crippen LogP contribution in [0.4, 0.5) is 0 Å². The van der Waals surface area contributed by atoms with E-state index in [-0.39, 0.29) is 5.91 Å². The van der Waals surface area contributed by atoms with Crippen molar-refractivity contribution in [3.63, 3.8) is 0 Å². The standard InChI is InChI=1S/C14H16Cl2N2O/c1-17-6-8-18(9-7-17)14(19)5-3-11-2-4-12(15)13(16)10-11/h2-5,10H,6-9H2,1H3/b5-3-. The minimum atomic E-state index is 0.0409. The molecule has 3 nitrogen and oxygen atoms in total. The monoisotopic (exact) mass is 298 g/mol. The van der Waals surface area contributed by atoms with Crippen molar-refractivity contribution >= 4 is 35.2 Å². The number of nitrogens with zero attached hydrogens (tertiary/aromatic N) is 2. The van der Waals surface area contributed by atoms with Gasteiger partial charge < -0.3 is 9.80 Å². The van der Waals surface area contributed by atoms with Crippen molar-refractivity contribution in [3.05, 3.63) is 39.9 Å². The van der Waals surface area contributed by atoms with Gasteiger partial charge in [-0.15, -0.1) is 0 Å². The molecule has 0 radical (unpaired) electrons. The van der Waals surface area contributed by atoms with Crippen molar-refractivity contribution in [2.24, 2.45) is 0 Å². The molecule has 2 rings (SSSR count). The third kappa shape index (κ3) is 3.96. The second-order valence-electron chi connectivity index (χ2n) is 4.64. The molecule has 0 aliphatic carbocycles. The predicted molar refractivity (Wildman–Crippen MR) is 79.6 cm³/mol. The number of carbonyl (C=O) groups excluding carboxylic acids is 1. The molecule has 1 saturated heterocycles. The molecule has 1 heterocycles. The summed E-state index contributed by atoms with van der Waals surface area (Å²) in [4.78, 5) is 16.1. The van der Waals surface area contributed by atoms with Crippen LogP contribution in [0.3, 0.4) is 0 Å². The van der Waals surface area contributed by atoms with Crippen LogP contribution in [-0.4, -0.2) is 48.9 Å². The third-order valence-corrected chi connectivity index (χ3v) is 3.92. The average Bonchev–Trinajstić information content (AvgIpc) is 2.40.